The molecule has 1 amide bonds. The van der Waals surface area contributed by atoms with Crippen molar-refractivity contribution in [2.45, 2.75) is 38.9 Å². The summed E-state index contributed by atoms with van der Waals surface area (Å²) in [4.78, 5) is 25.6. The van der Waals surface area contributed by atoms with Crippen molar-refractivity contribution >= 4 is 34.1 Å². The number of allylic oxidation sites excluding steroid dienone is 1. The van der Waals surface area contributed by atoms with Crippen molar-refractivity contribution in [2.75, 3.05) is 24.3 Å². The Labute approximate surface area is 204 Å². The molecule has 1 aliphatic heterocycles. The average molecular weight is 478 g/mol. The third-order valence-corrected chi connectivity index (χ3v) is 6.29. The number of nitrogens with two attached hydrogens (primary N) is 1. The first-order valence-electron chi connectivity index (χ1n) is 11.8. The van der Waals surface area contributed by atoms with Gasteiger partial charge >= 0.3 is 0 Å². The summed E-state index contributed by atoms with van der Waals surface area (Å²) in [6.45, 7) is 3.81. The first-order valence-corrected chi connectivity index (χ1v) is 11.8. The molecule has 3 aromatic rings. The first kappa shape index (κ1) is 24.5. The molecule has 4 rings (SSSR count). The van der Waals surface area contributed by atoms with Crippen LogP contribution in [0.25, 0.3) is 10.9 Å². The van der Waals surface area contributed by atoms with E-state index in [4.69, 9.17) is 15.2 Å². The second-order valence-corrected chi connectivity index (χ2v) is 8.56. The van der Waals surface area contributed by atoms with Crippen LogP contribution in [0.15, 0.2) is 66.6 Å². The second-order valence-electron chi connectivity index (χ2n) is 8.56. The summed E-state index contributed by atoms with van der Waals surface area (Å²) in [5, 5.41) is 13.3. The van der Waals surface area contributed by atoms with Gasteiger partial charge in [0.1, 0.15) is 0 Å². The zero-order chi connectivity index (χ0) is 24.9. The number of para-hydroxylation sites is 3. The number of nitrogens with one attached hydrogen (secondary N) is 1. The largest absolute Gasteiger partial charge is 0.459 e. The maximum Gasteiger partial charge on any atom is 0.290 e. The van der Waals surface area contributed by atoms with Gasteiger partial charge < -0.3 is 25.6 Å². The van der Waals surface area contributed by atoms with Crippen LogP contribution in [0.5, 0.6) is 0 Å². The van der Waals surface area contributed by atoms with Gasteiger partial charge in [0.05, 0.1) is 16.9 Å². The number of aromatic nitrogens is 1. The Morgan fingerprint density at radius 3 is 2.63 bits per heavy atom. The van der Waals surface area contributed by atoms with Gasteiger partial charge in [-0.1, -0.05) is 30.3 Å². The number of nitrogen functional groups attached to an aromatic ring is 1. The number of benzene rings is 2. The minimum atomic E-state index is -0.699. The van der Waals surface area contributed by atoms with Crippen LogP contribution >= 0.6 is 0 Å². The number of carbonyl (C=O) groups is 2. The van der Waals surface area contributed by atoms with E-state index in [1.165, 1.54) is 6.92 Å². The number of aliphatic hydroxyl groups is 1. The summed E-state index contributed by atoms with van der Waals surface area (Å²) in [6, 6.07) is 14.7. The summed E-state index contributed by atoms with van der Waals surface area (Å²) in [5.74, 6) is -0.878. The molecule has 3 atom stereocenters. The van der Waals surface area contributed by atoms with E-state index in [-0.39, 0.29) is 30.1 Å². The Morgan fingerprint density at radius 2 is 1.91 bits per heavy atom. The molecule has 0 fully saturated rings. The lowest BCUT2D eigenvalue weighted by Gasteiger charge is -2.36. The number of hydrogen-bond donors (Lipinski definition) is 3. The van der Waals surface area contributed by atoms with E-state index in [1.807, 2.05) is 37.4 Å². The molecule has 0 saturated heterocycles. The van der Waals surface area contributed by atoms with Gasteiger partial charge in [-0.15, -0.1) is 0 Å². The topological polar surface area (TPSA) is 116 Å². The lowest BCUT2D eigenvalue weighted by Crippen LogP contribution is -2.37. The van der Waals surface area contributed by atoms with E-state index in [1.54, 1.807) is 34.9 Å². The highest BCUT2D eigenvalue weighted by atomic mass is 16.7. The highest BCUT2D eigenvalue weighted by Crippen LogP contribution is 2.42. The fourth-order valence-corrected chi connectivity index (χ4v) is 4.65. The van der Waals surface area contributed by atoms with Crippen LogP contribution in [0.4, 0.5) is 11.4 Å². The molecule has 1 aromatic heterocycles. The number of hydrogen-bond acceptors (Lipinski definition) is 6. The highest BCUT2D eigenvalue weighted by molar-refractivity contribution is 6.04. The molecule has 4 N–H and O–H groups in total. The summed E-state index contributed by atoms with van der Waals surface area (Å²) in [6.07, 6.45) is 4.09. The molecule has 0 spiro atoms. The molecule has 1 aliphatic rings. The van der Waals surface area contributed by atoms with Gasteiger partial charge in [0.15, 0.2) is 5.76 Å². The molecule has 8 heteroatoms. The summed E-state index contributed by atoms with van der Waals surface area (Å²) in [7, 11) is 0. The fourth-order valence-electron chi connectivity index (χ4n) is 4.65. The molecular weight excluding hydrogens is 446 g/mol. The van der Waals surface area contributed by atoms with E-state index in [0.29, 0.717) is 30.8 Å². The van der Waals surface area contributed by atoms with E-state index >= 15 is 0 Å². The maximum atomic E-state index is 13.2. The van der Waals surface area contributed by atoms with Crippen molar-refractivity contribution in [3.05, 3.63) is 72.1 Å². The maximum absolute atomic E-state index is 13.2. The fraction of sp³-hybridized carbons (Fsp3) is 0.333. The standard InChI is InChI=1S/C27H31N3O5/c1-3-34-27-19(10-8-14-31)20(21-16-30(17(2)32)24-13-7-4-9-18(21)24)15-25(35-27)26(33)29-23-12-6-5-11-22(23)28/h4-7,9,11-13,15-16,19-20,27,31H,3,8,10,14,28H2,1-2H3,(H,29,33). The number of amides is 1. The molecule has 0 bridgehead atoms. The molecule has 35 heavy (non-hydrogen) atoms. The quantitative estimate of drug-likeness (QED) is 0.417. The van der Waals surface area contributed by atoms with Crippen LogP contribution in [0.2, 0.25) is 0 Å². The Bertz CT molecular complexity index is 1250. The number of aliphatic hydroxyl groups excluding tert-OH is 1. The minimum Gasteiger partial charge on any atom is -0.459 e. The van der Waals surface area contributed by atoms with Crippen LogP contribution in [-0.2, 0) is 14.3 Å². The third-order valence-electron chi connectivity index (χ3n) is 6.29. The number of carbonyl (C=O) groups excluding carboxylic acids is 2. The predicted molar refractivity (Wildman–Crippen MR) is 135 cm³/mol. The van der Waals surface area contributed by atoms with Gasteiger partial charge in [0, 0.05) is 43.6 Å². The molecule has 184 valence electrons. The molecule has 0 aliphatic carbocycles. The molecular formula is C27H31N3O5. The molecule has 8 nitrogen and oxygen atoms in total. The number of nitrogens with zero attached hydrogens (tertiary/aromatic N) is 1. The van der Waals surface area contributed by atoms with Crippen LogP contribution in [0.3, 0.4) is 0 Å². The monoisotopic (exact) mass is 477 g/mol. The third kappa shape index (κ3) is 5.08. The van der Waals surface area contributed by atoms with Crippen molar-refractivity contribution < 1.29 is 24.2 Å². The van der Waals surface area contributed by atoms with E-state index in [0.717, 1.165) is 16.5 Å². The van der Waals surface area contributed by atoms with Crippen LogP contribution < -0.4 is 11.1 Å². The SMILES string of the molecule is CCOC1OC(C(=O)Nc2ccccc2N)=CC(c2cn(C(C)=O)c3ccccc23)C1CCCO. The molecule has 0 radical (unpaired) electrons. The van der Waals surface area contributed by atoms with Crippen molar-refractivity contribution in [1.82, 2.24) is 4.57 Å². The summed E-state index contributed by atoms with van der Waals surface area (Å²) in [5.41, 5.74) is 8.63. The summed E-state index contributed by atoms with van der Waals surface area (Å²) >= 11 is 0. The number of rotatable bonds is 8. The van der Waals surface area contributed by atoms with Gasteiger partial charge in [-0.25, -0.2) is 0 Å². The summed E-state index contributed by atoms with van der Waals surface area (Å²) < 4.78 is 13.6. The van der Waals surface area contributed by atoms with Gasteiger partial charge in [0.25, 0.3) is 5.91 Å². The van der Waals surface area contributed by atoms with E-state index < -0.39 is 12.2 Å². The Kier molecular flexibility index (Phi) is 7.53. The Morgan fingerprint density at radius 1 is 1.17 bits per heavy atom. The average Bonchev–Trinajstić information content (AvgIpc) is 3.24. The zero-order valence-corrected chi connectivity index (χ0v) is 19.9. The van der Waals surface area contributed by atoms with Crippen molar-refractivity contribution in [1.29, 1.82) is 0 Å². The second kappa shape index (κ2) is 10.8. The normalized spacial score (nSPS) is 19.7. The van der Waals surface area contributed by atoms with Crippen LogP contribution in [0.1, 0.15) is 43.0 Å². The van der Waals surface area contributed by atoms with Crippen molar-refractivity contribution in [3.8, 4) is 0 Å². The van der Waals surface area contributed by atoms with Gasteiger partial charge in [-0.3, -0.25) is 14.2 Å². The molecule has 2 aromatic carbocycles. The molecule has 0 saturated carbocycles. The smallest absolute Gasteiger partial charge is 0.290 e. The minimum absolute atomic E-state index is 0.0294. The molecule has 3 unspecified atom stereocenters. The first-order chi connectivity index (χ1) is 16.9. The Hall–Kier alpha value is -3.62. The van der Waals surface area contributed by atoms with Crippen molar-refractivity contribution in [3.63, 3.8) is 0 Å². The van der Waals surface area contributed by atoms with E-state index in [2.05, 4.69) is 5.32 Å². The number of ether oxygens (including phenoxy) is 2. The van der Waals surface area contributed by atoms with Gasteiger partial charge in [0.2, 0.25) is 12.2 Å². The molecule has 2 heterocycles. The van der Waals surface area contributed by atoms with Crippen LogP contribution in [0, 0.1) is 5.92 Å². The zero-order valence-electron chi connectivity index (χ0n) is 19.9. The van der Waals surface area contributed by atoms with Gasteiger partial charge in [-0.05, 0) is 49.6 Å². The predicted octanol–water partition coefficient (Wildman–Crippen LogP) is 4.27. The number of anilines is 2. The lowest BCUT2D eigenvalue weighted by atomic mass is 9.80. The number of fused-ring (bicyclic) bond motifs is 1. The van der Waals surface area contributed by atoms with Gasteiger partial charge in [-0.2, -0.15) is 0 Å². The van der Waals surface area contributed by atoms with Crippen LogP contribution in [-0.4, -0.2) is 41.0 Å². The Balaban J connectivity index is 1.80. The van der Waals surface area contributed by atoms with E-state index in [9.17, 15) is 14.7 Å². The van der Waals surface area contributed by atoms with Crippen molar-refractivity contribution in [2.24, 2.45) is 5.92 Å². The lowest BCUT2D eigenvalue weighted by molar-refractivity contribution is -0.164. The highest BCUT2D eigenvalue weighted by Gasteiger charge is 2.39.